The third-order valence-corrected chi connectivity index (χ3v) is 4.29. The number of benzene rings is 1. The second-order valence-corrected chi connectivity index (χ2v) is 5.93. The maximum atomic E-state index is 4.51. The highest BCUT2D eigenvalue weighted by molar-refractivity contribution is 5.28. The van der Waals surface area contributed by atoms with Gasteiger partial charge in [-0.15, -0.1) is 0 Å². The summed E-state index contributed by atoms with van der Waals surface area (Å²) in [5.41, 5.74) is 2.01. The smallest absolute Gasteiger partial charge is 0.0969 e. The van der Waals surface area contributed by atoms with Crippen LogP contribution in [0.15, 0.2) is 36.5 Å². The molecule has 112 valence electrons. The molecule has 0 spiro atoms. The van der Waals surface area contributed by atoms with Gasteiger partial charge in [0.1, 0.15) is 0 Å². The number of nitrogens with zero attached hydrogens (tertiary/aromatic N) is 3. The molecule has 0 bridgehead atoms. The molecule has 4 nitrogen and oxygen atoms in total. The molecule has 3 rings (SSSR count). The summed E-state index contributed by atoms with van der Waals surface area (Å²) in [5, 5.41) is 12.3. The minimum absolute atomic E-state index is 0.805. The first kappa shape index (κ1) is 14.3. The maximum Gasteiger partial charge on any atom is 0.0969 e. The van der Waals surface area contributed by atoms with E-state index in [2.05, 4.69) is 15.5 Å². The van der Waals surface area contributed by atoms with Crippen LogP contribution in [0, 0.1) is 5.92 Å². The number of aromatic nitrogens is 3. The van der Waals surface area contributed by atoms with Gasteiger partial charge < -0.3 is 5.32 Å². The fourth-order valence-corrected chi connectivity index (χ4v) is 3.06. The van der Waals surface area contributed by atoms with E-state index >= 15 is 0 Å². The van der Waals surface area contributed by atoms with E-state index in [1.165, 1.54) is 38.5 Å². The van der Waals surface area contributed by atoms with E-state index < -0.39 is 0 Å². The Morgan fingerprint density at radius 2 is 1.90 bits per heavy atom. The Kier molecular flexibility index (Phi) is 5.00. The molecule has 21 heavy (non-hydrogen) atoms. The summed E-state index contributed by atoms with van der Waals surface area (Å²) in [4.78, 5) is 1.69. The van der Waals surface area contributed by atoms with Crippen molar-refractivity contribution in [3.8, 4) is 5.69 Å². The fourth-order valence-electron chi connectivity index (χ4n) is 3.06. The summed E-state index contributed by atoms with van der Waals surface area (Å²) in [7, 11) is 0. The lowest BCUT2D eigenvalue weighted by Gasteiger charge is -2.21. The summed E-state index contributed by atoms with van der Waals surface area (Å²) in [6.07, 6.45) is 10.3. The predicted molar refractivity (Wildman–Crippen MR) is 84.3 cm³/mol. The first-order valence-electron chi connectivity index (χ1n) is 8.09. The van der Waals surface area contributed by atoms with Crippen molar-refractivity contribution >= 4 is 0 Å². The van der Waals surface area contributed by atoms with Crippen LogP contribution in [0.1, 0.15) is 44.2 Å². The Labute approximate surface area is 126 Å². The zero-order valence-electron chi connectivity index (χ0n) is 12.5. The van der Waals surface area contributed by atoms with Crippen LogP contribution < -0.4 is 5.32 Å². The highest BCUT2D eigenvalue weighted by Crippen LogP contribution is 2.25. The van der Waals surface area contributed by atoms with Crippen molar-refractivity contribution in [2.24, 2.45) is 5.92 Å². The highest BCUT2D eigenvalue weighted by Gasteiger charge is 2.12. The second kappa shape index (κ2) is 7.36. The van der Waals surface area contributed by atoms with E-state index in [0.29, 0.717) is 0 Å². The van der Waals surface area contributed by atoms with E-state index in [1.54, 1.807) is 4.80 Å². The topological polar surface area (TPSA) is 42.7 Å². The van der Waals surface area contributed by atoms with Gasteiger partial charge in [-0.2, -0.15) is 15.0 Å². The van der Waals surface area contributed by atoms with Crippen LogP contribution in [0.4, 0.5) is 0 Å². The van der Waals surface area contributed by atoms with Gasteiger partial charge >= 0.3 is 0 Å². The average Bonchev–Trinajstić information content (AvgIpc) is 3.02. The molecule has 4 heteroatoms. The Balaban J connectivity index is 1.42. The molecule has 1 heterocycles. The summed E-state index contributed by atoms with van der Waals surface area (Å²) in [6.45, 7) is 1.89. The highest BCUT2D eigenvalue weighted by atomic mass is 15.5. The maximum absolute atomic E-state index is 4.51. The van der Waals surface area contributed by atoms with Crippen molar-refractivity contribution in [2.75, 3.05) is 6.54 Å². The molecule has 1 aromatic carbocycles. The molecule has 1 aromatic heterocycles. The molecule has 1 saturated carbocycles. The first-order valence-corrected chi connectivity index (χ1v) is 8.09. The van der Waals surface area contributed by atoms with Gasteiger partial charge in [0.25, 0.3) is 0 Å². The third kappa shape index (κ3) is 4.14. The van der Waals surface area contributed by atoms with Crippen molar-refractivity contribution in [1.29, 1.82) is 0 Å². The molecule has 0 aliphatic heterocycles. The molecular formula is C17H24N4. The zero-order chi connectivity index (χ0) is 14.3. The van der Waals surface area contributed by atoms with Gasteiger partial charge in [0, 0.05) is 6.54 Å². The van der Waals surface area contributed by atoms with Gasteiger partial charge in [-0.1, -0.05) is 50.3 Å². The van der Waals surface area contributed by atoms with Crippen molar-refractivity contribution in [3.05, 3.63) is 42.2 Å². The van der Waals surface area contributed by atoms with E-state index in [9.17, 15) is 0 Å². The monoisotopic (exact) mass is 284 g/mol. The Morgan fingerprint density at radius 3 is 2.71 bits per heavy atom. The first-order chi connectivity index (χ1) is 10.4. The van der Waals surface area contributed by atoms with E-state index in [-0.39, 0.29) is 0 Å². The van der Waals surface area contributed by atoms with Crippen LogP contribution in [-0.4, -0.2) is 21.5 Å². The third-order valence-electron chi connectivity index (χ3n) is 4.29. The molecule has 1 aliphatic rings. The van der Waals surface area contributed by atoms with Crippen LogP contribution in [0.25, 0.3) is 5.69 Å². The minimum Gasteiger partial charge on any atom is -0.311 e. The van der Waals surface area contributed by atoms with E-state index in [1.807, 2.05) is 36.5 Å². The second-order valence-electron chi connectivity index (χ2n) is 5.93. The van der Waals surface area contributed by atoms with Gasteiger partial charge in [-0.3, -0.25) is 0 Å². The lowest BCUT2D eigenvalue weighted by atomic mass is 9.87. The SMILES string of the molecule is c1ccc(-n2ncc(CNCCC3CCCCC3)n2)cc1. The molecule has 1 N–H and O–H groups in total. The van der Waals surface area contributed by atoms with Crippen LogP contribution >= 0.6 is 0 Å². The average molecular weight is 284 g/mol. The number of nitrogens with one attached hydrogen (secondary N) is 1. The number of hydrogen-bond acceptors (Lipinski definition) is 3. The molecule has 0 radical (unpaired) electrons. The van der Waals surface area contributed by atoms with Crippen molar-refractivity contribution in [2.45, 2.75) is 45.1 Å². The van der Waals surface area contributed by atoms with E-state index in [4.69, 9.17) is 0 Å². The number of para-hydroxylation sites is 1. The van der Waals surface area contributed by atoms with E-state index in [0.717, 1.165) is 30.4 Å². The fraction of sp³-hybridized carbons (Fsp3) is 0.529. The summed E-state index contributed by atoms with van der Waals surface area (Å²) >= 11 is 0. The van der Waals surface area contributed by atoms with Gasteiger partial charge in [-0.05, 0) is 31.0 Å². The molecule has 1 aliphatic carbocycles. The molecule has 0 atom stereocenters. The summed E-state index contributed by atoms with van der Waals surface area (Å²) < 4.78 is 0. The van der Waals surface area contributed by atoms with Crippen LogP contribution in [0.2, 0.25) is 0 Å². The Bertz CT molecular complexity index is 529. The van der Waals surface area contributed by atoms with Crippen molar-refractivity contribution in [3.63, 3.8) is 0 Å². The lowest BCUT2D eigenvalue weighted by molar-refractivity contribution is 0.333. The van der Waals surface area contributed by atoms with Gasteiger partial charge in [-0.25, -0.2) is 0 Å². The van der Waals surface area contributed by atoms with Gasteiger partial charge in [0.05, 0.1) is 17.6 Å². The number of rotatable bonds is 6. The van der Waals surface area contributed by atoms with Crippen LogP contribution in [0.3, 0.4) is 0 Å². The normalized spacial score (nSPS) is 16.2. The molecule has 2 aromatic rings. The van der Waals surface area contributed by atoms with Crippen LogP contribution in [0.5, 0.6) is 0 Å². The molecular weight excluding hydrogens is 260 g/mol. The number of hydrogen-bond donors (Lipinski definition) is 1. The molecule has 0 amide bonds. The summed E-state index contributed by atoms with van der Waals surface area (Å²) in [5.74, 6) is 0.936. The van der Waals surface area contributed by atoms with Crippen molar-refractivity contribution < 1.29 is 0 Å². The largest absolute Gasteiger partial charge is 0.311 e. The van der Waals surface area contributed by atoms with Gasteiger partial charge in [0.2, 0.25) is 0 Å². The molecule has 1 fully saturated rings. The molecule has 0 saturated heterocycles. The standard InChI is InChI=1S/C17H24N4/c1-3-7-15(8-4-1)11-12-18-13-16-14-19-21(20-16)17-9-5-2-6-10-17/h2,5-6,9-10,14-15,18H,1,3-4,7-8,11-13H2. The Morgan fingerprint density at radius 1 is 1.10 bits per heavy atom. The lowest BCUT2D eigenvalue weighted by Crippen LogP contribution is -2.19. The Hall–Kier alpha value is -1.68. The zero-order valence-corrected chi connectivity index (χ0v) is 12.5. The summed E-state index contributed by atoms with van der Waals surface area (Å²) in [6, 6.07) is 10.0. The van der Waals surface area contributed by atoms with Crippen molar-refractivity contribution in [1.82, 2.24) is 20.3 Å². The quantitative estimate of drug-likeness (QED) is 0.827. The predicted octanol–water partition coefficient (Wildman–Crippen LogP) is 3.33. The minimum atomic E-state index is 0.805. The van der Waals surface area contributed by atoms with Crippen LogP contribution in [-0.2, 0) is 6.54 Å². The molecule has 0 unspecified atom stereocenters. The van der Waals surface area contributed by atoms with Gasteiger partial charge in [0.15, 0.2) is 0 Å².